The lowest BCUT2D eigenvalue weighted by molar-refractivity contribution is 0.193. The van der Waals surface area contributed by atoms with Crippen molar-refractivity contribution < 1.29 is 13.2 Å². The Morgan fingerprint density at radius 1 is 1.26 bits per heavy atom. The van der Waals surface area contributed by atoms with E-state index in [0.717, 1.165) is 18.4 Å². The third-order valence-corrected chi connectivity index (χ3v) is 4.26. The molecule has 0 aliphatic heterocycles. The van der Waals surface area contributed by atoms with Crippen molar-refractivity contribution in [2.75, 3.05) is 20.3 Å². The first-order valence-electron chi connectivity index (χ1n) is 6.31. The molecule has 5 nitrogen and oxygen atoms in total. The molecule has 1 aromatic carbocycles. The van der Waals surface area contributed by atoms with Gasteiger partial charge in [-0.3, -0.25) is 0 Å². The van der Waals surface area contributed by atoms with E-state index in [9.17, 15) is 8.42 Å². The Kier molecular flexibility index (Phi) is 6.44. The first-order valence-corrected chi connectivity index (χ1v) is 7.80. The quantitative estimate of drug-likeness (QED) is 0.708. The normalized spacial score (nSPS) is 13.4. The van der Waals surface area contributed by atoms with Gasteiger partial charge >= 0.3 is 0 Å². The van der Waals surface area contributed by atoms with Crippen molar-refractivity contribution in [1.29, 1.82) is 0 Å². The Hall–Kier alpha value is -0.950. The maximum absolute atomic E-state index is 12.0. The molecule has 1 aromatic rings. The molecule has 0 saturated carbocycles. The average molecular weight is 286 g/mol. The van der Waals surface area contributed by atoms with Gasteiger partial charge in [-0.2, -0.15) is 0 Å². The standard InChI is InChI=1S/C13H22N2O3S/c1-11(14)12-5-7-13(8-6-12)19(16,17)15-9-3-4-10-18-2/h5-8,11,15H,3-4,9-10,14H2,1-2H3. The molecular formula is C13H22N2O3S. The zero-order valence-electron chi connectivity index (χ0n) is 11.4. The minimum Gasteiger partial charge on any atom is -0.385 e. The maximum Gasteiger partial charge on any atom is 0.240 e. The number of nitrogens with one attached hydrogen (secondary N) is 1. The van der Waals surface area contributed by atoms with Gasteiger partial charge in [-0.15, -0.1) is 0 Å². The summed E-state index contributed by atoms with van der Waals surface area (Å²) in [7, 11) is -1.79. The highest BCUT2D eigenvalue weighted by molar-refractivity contribution is 7.89. The fourth-order valence-electron chi connectivity index (χ4n) is 1.61. The van der Waals surface area contributed by atoms with Crippen LogP contribution >= 0.6 is 0 Å². The summed E-state index contributed by atoms with van der Waals surface area (Å²) in [5.41, 5.74) is 6.64. The van der Waals surface area contributed by atoms with Crippen molar-refractivity contribution in [3.8, 4) is 0 Å². The van der Waals surface area contributed by atoms with E-state index < -0.39 is 10.0 Å². The molecule has 0 saturated heterocycles. The van der Waals surface area contributed by atoms with E-state index in [1.165, 1.54) is 0 Å². The summed E-state index contributed by atoms with van der Waals surface area (Å²) in [4.78, 5) is 0.267. The molecular weight excluding hydrogens is 264 g/mol. The molecule has 0 aliphatic carbocycles. The minimum absolute atomic E-state index is 0.0984. The lowest BCUT2D eigenvalue weighted by Crippen LogP contribution is -2.25. The van der Waals surface area contributed by atoms with Crippen LogP contribution in [0.5, 0.6) is 0 Å². The summed E-state index contributed by atoms with van der Waals surface area (Å²) in [6.07, 6.45) is 1.59. The number of methoxy groups -OCH3 is 1. The van der Waals surface area contributed by atoms with E-state index >= 15 is 0 Å². The molecule has 1 unspecified atom stereocenters. The number of ether oxygens (including phenoxy) is 1. The van der Waals surface area contributed by atoms with E-state index in [2.05, 4.69) is 4.72 Å². The highest BCUT2D eigenvalue weighted by atomic mass is 32.2. The average Bonchev–Trinajstić information content (AvgIpc) is 2.38. The molecule has 0 aromatic heterocycles. The largest absolute Gasteiger partial charge is 0.385 e. The van der Waals surface area contributed by atoms with Gasteiger partial charge in [0.2, 0.25) is 10.0 Å². The van der Waals surface area contributed by atoms with Crippen molar-refractivity contribution in [3.05, 3.63) is 29.8 Å². The van der Waals surface area contributed by atoms with Crippen LogP contribution in [-0.4, -0.2) is 28.7 Å². The lowest BCUT2D eigenvalue weighted by atomic mass is 10.1. The highest BCUT2D eigenvalue weighted by Crippen LogP contribution is 2.14. The van der Waals surface area contributed by atoms with Gasteiger partial charge < -0.3 is 10.5 Å². The summed E-state index contributed by atoms with van der Waals surface area (Å²) < 4.78 is 31.4. The zero-order valence-corrected chi connectivity index (χ0v) is 12.2. The van der Waals surface area contributed by atoms with Crippen molar-refractivity contribution in [1.82, 2.24) is 4.72 Å². The molecule has 0 fully saturated rings. The van der Waals surface area contributed by atoms with Gasteiger partial charge in [-0.1, -0.05) is 12.1 Å². The Bertz CT molecular complexity index is 469. The van der Waals surface area contributed by atoms with Crippen LogP contribution in [0.15, 0.2) is 29.2 Å². The molecule has 0 spiro atoms. The van der Waals surface area contributed by atoms with Crippen LogP contribution in [0.25, 0.3) is 0 Å². The SMILES string of the molecule is COCCCCNS(=O)(=O)c1ccc(C(C)N)cc1. The number of rotatable bonds is 8. The Balaban J connectivity index is 2.57. The molecule has 0 bridgehead atoms. The summed E-state index contributed by atoms with van der Waals surface area (Å²) in [6.45, 7) is 2.92. The number of hydrogen-bond donors (Lipinski definition) is 2. The summed E-state index contributed by atoms with van der Waals surface area (Å²) in [6, 6.07) is 6.54. The van der Waals surface area contributed by atoms with Crippen molar-refractivity contribution >= 4 is 10.0 Å². The maximum atomic E-state index is 12.0. The second-order valence-corrected chi connectivity index (χ2v) is 6.22. The van der Waals surface area contributed by atoms with Crippen LogP contribution in [0.2, 0.25) is 0 Å². The lowest BCUT2D eigenvalue weighted by Gasteiger charge is -2.09. The highest BCUT2D eigenvalue weighted by Gasteiger charge is 2.13. The molecule has 0 radical (unpaired) electrons. The third kappa shape index (κ3) is 5.28. The third-order valence-electron chi connectivity index (χ3n) is 2.78. The first-order chi connectivity index (χ1) is 8.97. The molecule has 1 atom stereocenters. The molecule has 1 rings (SSSR count). The fourth-order valence-corrected chi connectivity index (χ4v) is 2.69. The van der Waals surface area contributed by atoms with Gasteiger partial charge in [0, 0.05) is 26.3 Å². The van der Waals surface area contributed by atoms with Crippen molar-refractivity contribution in [2.45, 2.75) is 30.7 Å². The smallest absolute Gasteiger partial charge is 0.240 e. The number of benzene rings is 1. The predicted molar refractivity (Wildman–Crippen MR) is 75.3 cm³/mol. The summed E-state index contributed by atoms with van der Waals surface area (Å²) >= 11 is 0. The van der Waals surface area contributed by atoms with Gasteiger partial charge in [-0.25, -0.2) is 13.1 Å². The minimum atomic E-state index is -3.42. The Morgan fingerprint density at radius 2 is 1.89 bits per heavy atom. The van der Waals surface area contributed by atoms with E-state index in [1.54, 1.807) is 31.4 Å². The van der Waals surface area contributed by atoms with Crippen molar-refractivity contribution in [2.24, 2.45) is 5.73 Å². The summed E-state index contributed by atoms with van der Waals surface area (Å²) in [5, 5.41) is 0. The number of hydrogen-bond acceptors (Lipinski definition) is 4. The number of unbranched alkanes of at least 4 members (excludes halogenated alkanes) is 1. The van der Waals surface area contributed by atoms with Gasteiger partial charge in [-0.05, 0) is 37.5 Å². The molecule has 19 heavy (non-hydrogen) atoms. The van der Waals surface area contributed by atoms with E-state index in [0.29, 0.717) is 13.2 Å². The first kappa shape index (κ1) is 16.1. The fraction of sp³-hybridized carbons (Fsp3) is 0.538. The van der Waals surface area contributed by atoms with E-state index in [-0.39, 0.29) is 10.9 Å². The van der Waals surface area contributed by atoms with Gasteiger partial charge in [0.25, 0.3) is 0 Å². The van der Waals surface area contributed by atoms with Crippen LogP contribution < -0.4 is 10.5 Å². The molecule has 0 heterocycles. The Morgan fingerprint density at radius 3 is 2.42 bits per heavy atom. The second-order valence-electron chi connectivity index (χ2n) is 4.46. The van der Waals surface area contributed by atoms with Crippen LogP contribution in [0.1, 0.15) is 31.4 Å². The van der Waals surface area contributed by atoms with Crippen molar-refractivity contribution in [3.63, 3.8) is 0 Å². The molecule has 6 heteroatoms. The monoisotopic (exact) mass is 286 g/mol. The van der Waals surface area contributed by atoms with Crippen LogP contribution in [0, 0.1) is 0 Å². The molecule has 0 aliphatic rings. The van der Waals surface area contributed by atoms with E-state index in [4.69, 9.17) is 10.5 Å². The summed E-state index contributed by atoms with van der Waals surface area (Å²) in [5.74, 6) is 0. The van der Waals surface area contributed by atoms with Gasteiger partial charge in [0.05, 0.1) is 4.90 Å². The second kappa shape index (κ2) is 7.59. The molecule has 108 valence electrons. The van der Waals surface area contributed by atoms with Gasteiger partial charge in [0.15, 0.2) is 0 Å². The van der Waals surface area contributed by atoms with Crippen LogP contribution in [-0.2, 0) is 14.8 Å². The molecule has 3 N–H and O–H groups in total. The van der Waals surface area contributed by atoms with Crippen LogP contribution in [0.3, 0.4) is 0 Å². The predicted octanol–water partition coefficient (Wildman–Crippen LogP) is 1.41. The number of sulfonamides is 1. The number of nitrogens with two attached hydrogens (primary N) is 1. The topological polar surface area (TPSA) is 81.4 Å². The zero-order chi connectivity index (χ0) is 14.3. The van der Waals surface area contributed by atoms with Gasteiger partial charge in [0.1, 0.15) is 0 Å². The molecule has 0 amide bonds. The Labute approximate surface area is 115 Å². The van der Waals surface area contributed by atoms with E-state index in [1.807, 2.05) is 6.92 Å². The van der Waals surface area contributed by atoms with Crippen LogP contribution in [0.4, 0.5) is 0 Å².